The largest absolute Gasteiger partial charge is 0.485 e. The number of amides is 1. The van der Waals surface area contributed by atoms with Crippen LogP contribution in [-0.4, -0.2) is 33.4 Å². The Kier molecular flexibility index (Phi) is 3.40. The Balaban J connectivity index is 1.44. The van der Waals surface area contributed by atoms with Crippen LogP contribution >= 0.6 is 0 Å². The normalized spacial score (nSPS) is 20.0. The lowest BCUT2D eigenvalue weighted by Gasteiger charge is -2.26. The molecule has 1 amide bonds. The third kappa shape index (κ3) is 2.52. The fourth-order valence-corrected chi connectivity index (χ4v) is 3.01. The van der Waals surface area contributed by atoms with Gasteiger partial charge in [0, 0.05) is 13.0 Å². The fraction of sp³-hybridized carbons (Fsp3) is 0.438. The molecule has 2 aliphatic heterocycles. The number of benzene rings is 1. The highest BCUT2D eigenvalue weighted by Crippen LogP contribution is 2.31. The van der Waals surface area contributed by atoms with Crippen molar-refractivity contribution in [3.05, 3.63) is 35.9 Å². The van der Waals surface area contributed by atoms with Gasteiger partial charge >= 0.3 is 0 Å². The van der Waals surface area contributed by atoms with Crippen molar-refractivity contribution >= 4 is 5.91 Å². The molecule has 0 bridgehead atoms. The first-order valence-electron chi connectivity index (χ1n) is 7.83. The Hall–Kier alpha value is -2.57. The molecule has 1 N–H and O–H groups in total. The lowest BCUT2D eigenvalue weighted by Crippen LogP contribution is -2.45. The number of carbonyl (C=O) groups is 1. The Morgan fingerprint density at radius 3 is 3.04 bits per heavy atom. The van der Waals surface area contributed by atoms with Gasteiger partial charge in [-0.1, -0.05) is 12.1 Å². The van der Waals surface area contributed by atoms with E-state index in [4.69, 9.17) is 9.47 Å². The van der Waals surface area contributed by atoms with Crippen LogP contribution in [0.5, 0.6) is 11.5 Å². The average Bonchev–Trinajstić information content (AvgIpc) is 3.17. The highest BCUT2D eigenvalue weighted by molar-refractivity contribution is 5.82. The zero-order chi connectivity index (χ0) is 15.8. The first-order chi connectivity index (χ1) is 11.2. The van der Waals surface area contributed by atoms with E-state index in [1.807, 2.05) is 25.1 Å². The van der Waals surface area contributed by atoms with Gasteiger partial charge in [0.15, 0.2) is 17.3 Å². The standard InChI is InChI=1S/C16H18N4O3/c1-10(15-19-18-14-7-4-8-20(14)15)17-16(21)13-9-22-11-5-2-3-6-12(11)23-13/h2-3,5-6,10,13H,4,7-9H2,1H3,(H,17,21)/t10-,13-/m0/s1. The van der Waals surface area contributed by atoms with Gasteiger partial charge in [-0.15, -0.1) is 10.2 Å². The molecule has 0 saturated heterocycles. The maximum Gasteiger partial charge on any atom is 0.265 e. The number of para-hydroxylation sites is 2. The second-order valence-electron chi connectivity index (χ2n) is 5.82. The molecule has 0 radical (unpaired) electrons. The Morgan fingerprint density at radius 2 is 2.17 bits per heavy atom. The summed E-state index contributed by atoms with van der Waals surface area (Å²) in [4.78, 5) is 12.4. The molecule has 7 nitrogen and oxygen atoms in total. The summed E-state index contributed by atoms with van der Waals surface area (Å²) in [5.74, 6) is 2.84. The van der Waals surface area contributed by atoms with Crippen molar-refractivity contribution in [3.8, 4) is 11.5 Å². The molecule has 3 heterocycles. The second-order valence-corrected chi connectivity index (χ2v) is 5.82. The Bertz CT molecular complexity index is 743. The summed E-state index contributed by atoms with van der Waals surface area (Å²) < 4.78 is 13.4. The highest BCUT2D eigenvalue weighted by Gasteiger charge is 2.30. The zero-order valence-corrected chi connectivity index (χ0v) is 12.9. The molecule has 23 heavy (non-hydrogen) atoms. The van der Waals surface area contributed by atoms with Crippen molar-refractivity contribution in [2.75, 3.05) is 6.61 Å². The quantitative estimate of drug-likeness (QED) is 0.922. The van der Waals surface area contributed by atoms with Gasteiger partial charge in [-0.05, 0) is 25.5 Å². The van der Waals surface area contributed by atoms with Crippen molar-refractivity contribution in [1.82, 2.24) is 20.1 Å². The van der Waals surface area contributed by atoms with E-state index in [0.29, 0.717) is 11.5 Å². The van der Waals surface area contributed by atoms with Gasteiger partial charge in [0.05, 0.1) is 6.04 Å². The maximum absolute atomic E-state index is 12.4. The van der Waals surface area contributed by atoms with Crippen LogP contribution in [0.25, 0.3) is 0 Å². The second kappa shape index (κ2) is 5.57. The van der Waals surface area contributed by atoms with E-state index in [2.05, 4.69) is 20.1 Å². The van der Waals surface area contributed by atoms with Crippen LogP contribution in [0, 0.1) is 0 Å². The topological polar surface area (TPSA) is 78.3 Å². The number of rotatable bonds is 3. The van der Waals surface area contributed by atoms with Crippen molar-refractivity contribution < 1.29 is 14.3 Å². The molecule has 120 valence electrons. The van der Waals surface area contributed by atoms with Gasteiger partial charge in [-0.2, -0.15) is 0 Å². The maximum atomic E-state index is 12.4. The van der Waals surface area contributed by atoms with Crippen LogP contribution < -0.4 is 14.8 Å². The van der Waals surface area contributed by atoms with E-state index in [1.165, 1.54) is 0 Å². The smallest absolute Gasteiger partial charge is 0.265 e. The van der Waals surface area contributed by atoms with Crippen molar-refractivity contribution in [3.63, 3.8) is 0 Å². The number of nitrogens with zero attached hydrogens (tertiary/aromatic N) is 3. The predicted molar refractivity (Wildman–Crippen MR) is 81.3 cm³/mol. The minimum atomic E-state index is -0.659. The molecule has 1 aromatic heterocycles. The third-order valence-corrected chi connectivity index (χ3v) is 4.19. The molecular formula is C16H18N4O3. The molecule has 2 aromatic rings. The number of fused-ring (bicyclic) bond motifs is 2. The van der Waals surface area contributed by atoms with Gasteiger partial charge in [-0.3, -0.25) is 4.79 Å². The summed E-state index contributed by atoms with van der Waals surface area (Å²) >= 11 is 0. The number of hydrogen-bond acceptors (Lipinski definition) is 5. The number of carbonyl (C=O) groups excluding carboxylic acids is 1. The SMILES string of the molecule is C[C@H](NC(=O)[C@@H]1COc2ccccc2O1)c1nnc2n1CCC2. The molecule has 0 aliphatic carbocycles. The van der Waals surface area contributed by atoms with Crippen LogP contribution in [0.15, 0.2) is 24.3 Å². The minimum Gasteiger partial charge on any atom is -0.485 e. The van der Waals surface area contributed by atoms with Gasteiger partial charge in [0.25, 0.3) is 5.91 Å². The molecule has 0 unspecified atom stereocenters. The van der Waals surface area contributed by atoms with Gasteiger partial charge < -0.3 is 19.4 Å². The summed E-state index contributed by atoms with van der Waals surface area (Å²) in [6, 6.07) is 7.12. The van der Waals surface area contributed by atoms with E-state index in [1.54, 1.807) is 6.07 Å². The molecule has 0 fully saturated rings. The van der Waals surface area contributed by atoms with Crippen LogP contribution in [0.4, 0.5) is 0 Å². The summed E-state index contributed by atoms with van der Waals surface area (Å²) in [5.41, 5.74) is 0. The van der Waals surface area contributed by atoms with Crippen LogP contribution in [0.2, 0.25) is 0 Å². The number of aryl methyl sites for hydroxylation is 1. The molecule has 4 rings (SSSR count). The lowest BCUT2D eigenvalue weighted by atomic mass is 10.2. The Morgan fingerprint density at radius 1 is 1.35 bits per heavy atom. The molecule has 1 aromatic carbocycles. The van der Waals surface area contributed by atoms with Crippen molar-refractivity contribution in [1.29, 1.82) is 0 Å². The monoisotopic (exact) mass is 314 g/mol. The first kappa shape index (κ1) is 14.0. The number of ether oxygens (including phenoxy) is 2. The van der Waals surface area contributed by atoms with Gasteiger partial charge in [0.1, 0.15) is 12.4 Å². The molecule has 0 saturated carbocycles. The molecule has 0 spiro atoms. The predicted octanol–water partition coefficient (Wildman–Crippen LogP) is 1.24. The summed E-state index contributed by atoms with van der Waals surface area (Å²) in [6.45, 7) is 3.02. The third-order valence-electron chi connectivity index (χ3n) is 4.19. The fourth-order valence-electron chi connectivity index (χ4n) is 3.01. The van der Waals surface area contributed by atoms with Crippen molar-refractivity contribution in [2.45, 2.75) is 38.5 Å². The summed E-state index contributed by atoms with van der Waals surface area (Å²) in [7, 11) is 0. The highest BCUT2D eigenvalue weighted by atomic mass is 16.6. The zero-order valence-electron chi connectivity index (χ0n) is 12.9. The minimum absolute atomic E-state index is 0.202. The summed E-state index contributed by atoms with van der Waals surface area (Å²) in [6.07, 6.45) is 1.37. The number of nitrogens with one attached hydrogen (secondary N) is 1. The molecular weight excluding hydrogens is 296 g/mol. The van der Waals surface area contributed by atoms with E-state index in [0.717, 1.165) is 31.0 Å². The van der Waals surface area contributed by atoms with Crippen molar-refractivity contribution in [2.24, 2.45) is 0 Å². The van der Waals surface area contributed by atoms with Crippen LogP contribution in [-0.2, 0) is 17.8 Å². The van der Waals surface area contributed by atoms with E-state index in [9.17, 15) is 4.79 Å². The van der Waals surface area contributed by atoms with E-state index in [-0.39, 0.29) is 18.6 Å². The van der Waals surface area contributed by atoms with E-state index >= 15 is 0 Å². The lowest BCUT2D eigenvalue weighted by molar-refractivity contribution is -0.131. The number of aromatic nitrogens is 3. The average molecular weight is 314 g/mol. The molecule has 7 heteroatoms. The van der Waals surface area contributed by atoms with Crippen LogP contribution in [0.1, 0.15) is 31.0 Å². The van der Waals surface area contributed by atoms with Gasteiger partial charge in [-0.25, -0.2) is 0 Å². The van der Waals surface area contributed by atoms with E-state index < -0.39 is 6.10 Å². The van der Waals surface area contributed by atoms with Gasteiger partial charge in [0.2, 0.25) is 6.10 Å². The summed E-state index contributed by atoms with van der Waals surface area (Å²) in [5, 5.41) is 11.3. The first-order valence-corrected chi connectivity index (χ1v) is 7.83. The molecule has 2 aliphatic rings. The number of hydrogen-bond donors (Lipinski definition) is 1. The Labute approximate surface area is 133 Å². The molecule has 2 atom stereocenters. The van der Waals surface area contributed by atoms with Crippen LogP contribution in [0.3, 0.4) is 0 Å².